The van der Waals surface area contributed by atoms with Crippen LogP contribution in [0.15, 0.2) is 43.7 Å². The predicted molar refractivity (Wildman–Crippen MR) is 77.4 cm³/mol. The average molecular weight is 368 g/mol. The number of hydrogen-bond acceptors (Lipinski definition) is 3. The summed E-state index contributed by atoms with van der Waals surface area (Å²) in [6, 6.07) is 9.74. The smallest absolute Gasteiger partial charge is 0.228 e. The number of hydrogen-bond donors (Lipinski definition) is 0. The normalized spacial score (nSPS) is 11.1. The van der Waals surface area contributed by atoms with Crippen LogP contribution in [0.2, 0.25) is 0 Å². The van der Waals surface area contributed by atoms with Crippen LogP contribution in [0.25, 0.3) is 22.7 Å². The topological polar surface area (TPSA) is 38.9 Å². The Morgan fingerprint density at radius 2 is 1.78 bits per heavy atom. The van der Waals surface area contributed by atoms with E-state index in [1.54, 1.807) is 0 Å². The highest BCUT2D eigenvalue weighted by Gasteiger charge is 2.12. The van der Waals surface area contributed by atoms with Gasteiger partial charge in [-0.05, 0) is 53.2 Å². The van der Waals surface area contributed by atoms with Gasteiger partial charge in [0.05, 0.1) is 4.47 Å². The van der Waals surface area contributed by atoms with Gasteiger partial charge in [0.1, 0.15) is 0 Å². The molecule has 3 aromatic rings. The van der Waals surface area contributed by atoms with Crippen LogP contribution >= 0.6 is 31.9 Å². The fourth-order valence-electron chi connectivity index (χ4n) is 1.71. The van der Waals surface area contributed by atoms with Crippen LogP contribution in [0.4, 0.5) is 0 Å². The van der Waals surface area contributed by atoms with Gasteiger partial charge in [0.25, 0.3) is 0 Å². The zero-order valence-electron chi connectivity index (χ0n) is 9.45. The van der Waals surface area contributed by atoms with Gasteiger partial charge in [-0.25, -0.2) is 4.98 Å². The van der Waals surface area contributed by atoms with Crippen molar-refractivity contribution in [3.05, 3.63) is 45.0 Å². The third kappa shape index (κ3) is 2.08. The number of fused-ring (bicyclic) bond motifs is 1. The molecule has 2 heterocycles. The van der Waals surface area contributed by atoms with E-state index in [2.05, 4.69) is 41.8 Å². The van der Waals surface area contributed by atoms with Crippen LogP contribution in [0, 0.1) is 6.92 Å². The van der Waals surface area contributed by atoms with E-state index in [9.17, 15) is 0 Å². The molecule has 0 saturated carbocycles. The summed E-state index contributed by atoms with van der Waals surface area (Å²) in [6.07, 6.45) is 0. The molecular weight excluding hydrogens is 360 g/mol. The lowest BCUT2D eigenvalue weighted by atomic mass is 10.2. The number of nitrogens with zero attached hydrogens (tertiary/aromatic N) is 2. The van der Waals surface area contributed by atoms with Gasteiger partial charge >= 0.3 is 0 Å². The minimum absolute atomic E-state index is 0.580. The number of rotatable bonds is 1. The van der Waals surface area contributed by atoms with Crippen molar-refractivity contribution < 1.29 is 4.42 Å². The molecule has 90 valence electrons. The third-order valence-corrected chi connectivity index (χ3v) is 3.65. The molecule has 3 rings (SSSR count). The van der Waals surface area contributed by atoms with E-state index >= 15 is 0 Å². The predicted octanol–water partition coefficient (Wildman–Crippen LogP) is 4.72. The molecule has 0 fully saturated rings. The first kappa shape index (κ1) is 11.9. The summed E-state index contributed by atoms with van der Waals surface area (Å²) in [5.41, 5.74) is 3.14. The van der Waals surface area contributed by atoms with Gasteiger partial charge in [-0.15, -0.1) is 0 Å². The highest BCUT2D eigenvalue weighted by molar-refractivity contribution is 9.11. The number of oxazole rings is 1. The van der Waals surface area contributed by atoms with Gasteiger partial charge in [-0.1, -0.05) is 15.9 Å². The van der Waals surface area contributed by atoms with E-state index in [0.29, 0.717) is 17.1 Å². The Bertz CT molecular complexity index is 720. The molecule has 0 aliphatic heterocycles. The number of aromatic nitrogens is 2. The van der Waals surface area contributed by atoms with Gasteiger partial charge in [-0.3, -0.25) is 0 Å². The summed E-state index contributed by atoms with van der Waals surface area (Å²) < 4.78 is 7.65. The fraction of sp³-hybridized carbons (Fsp3) is 0.0769. The molecule has 0 atom stereocenters. The molecule has 0 radical (unpaired) electrons. The van der Waals surface area contributed by atoms with Gasteiger partial charge in [0, 0.05) is 15.7 Å². The largest absolute Gasteiger partial charge is 0.433 e. The number of aryl methyl sites for hydroxylation is 1. The second-order valence-electron chi connectivity index (χ2n) is 3.92. The summed E-state index contributed by atoms with van der Waals surface area (Å²) in [5.74, 6) is 0.580. The standard InChI is InChI=1S/C13H8Br2N2O/c1-7-6-10(15)11-12(16-7)17-13(18-11)8-2-4-9(14)5-3-8/h2-6H,1H3. The van der Waals surface area contributed by atoms with Gasteiger partial charge < -0.3 is 4.42 Å². The Labute approximate surface area is 121 Å². The summed E-state index contributed by atoms with van der Waals surface area (Å²) in [6.45, 7) is 1.93. The summed E-state index contributed by atoms with van der Waals surface area (Å²) in [7, 11) is 0. The molecule has 0 aliphatic rings. The maximum atomic E-state index is 5.74. The van der Waals surface area contributed by atoms with E-state index in [0.717, 1.165) is 20.2 Å². The Hall–Kier alpha value is -1.20. The van der Waals surface area contributed by atoms with Crippen molar-refractivity contribution in [2.45, 2.75) is 6.92 Å². The number of benzene rings is 1. The lowest BCUT2D eigenvalue weighted by molar-refractivity contribution is 0.618. The summed E-state index contributed by atoms with van der Waals surface area (Å²) >= 11 is 6.87. The monoisotopic (exact) mass is 366 g/mol. The molecular formula is C13H8Br2N2O. The van der Waals surface area contributed by atoms with Crippen LogP contribution < -0.4 is 0 Å². The molecule has 0 N–H and O–H groups in total. The van der Waals surface area contributed by atoms with E-state index in [-0.39, 0.29) is 0 Å². The molecule has 0 amide bonds. The highest BCUT2D eigenvalue weighted by Crippen LogP contribution is 2.29. The first-order chi connectivity index (χ1) is 8.63. The quantitative estimate of drug-likeness (QED) is 0.624. The van der Waals surface area contributed by atoms with Crippen molar-refractivity contribution in [3.63, 3.8) is 0 Å². The Balaban J connectivity index is 2.19. The van der Waals surface area contributed by atoms with Gasteiger partial charge in [0.2, 0.25) is 11.5 Å². The molecule has 0 unspecified atom stereocenters. The average Bonchev–Trinajstić information content (AvgIpc) is 2.74. The highest BCUT2D eigenvalue weighted by atomic mass is 79.9. The van der Waals surface area contributed by atoms with Crippen LogP contribution in [-0.4, -0.2) is 9.97 Å². The first-order valence-electron chi connectivity index (χ1n) is 5.33. The zero-order chi connectivity index (χ0) is 12.7. The van der Waals surface area contributed by atoms with Crippen molar-refractivity contribution in [1.29, 1.82) is 0 Å². The minimum Gasteiger partial charge on any atom is -0.433 e. The Kier molecular flexibility index (Phi) is 2.95. The van der Waals surface area contributed by atoms with E-state index in [4.69, 9.17) is 4.42 Å². The first-order valence-corrected chi connectivity index (χ1v) is 6.92. The molecule has 1 aromatic carbocycles. The van der Waals surface area contributed by atoms with E-state index in [1.165, 1.54) is 0 Å². The molecule has 5 heteroatoms. The molecule has 3 nitrogen and oxygen atoms in total. The number of halogens is 2. The van der Waals surface area contributed by atoms with E-state index in [1.807, 2.05) is 37.3 Å². The maximum Gasteiger partial charge on any atom is 0.228 e. The summed E-state index contributed by atoms with van der Waals surface area (Å²) in [4.78, 5) is 8.77. The second kappa shape index (κ2) is 4.48. The second-order valence-corrected chi connectivity index (χ2v) is 5.69. The van der Waals surface area contributed by atoms with Crippen LogP contribution in [0.1, 0.15) is 5.69 Å². The lowest BCUT2D eigenvalue weighted by Gasteiger charge is -1.94. The third-order valence-electron chi connectivity index (χ3n) is 2.54. The van der Waals surface area contributed by atoms with Crippen molar-refractivity contribution in [2.75, 3.05) is 0 Å². The van der Waals surface area contributed by atoms with Crippen molar-refractivity contribution in [1.82, 2.24) is 9.97 Å². The molecule has 18 heavy (non-hydrogen) atoms. The van der Waals surface area contributed by atoms with Crippen molar-refractivity contribution in [3.8, 4) is 11.5 Å². The summed E-state index contributed by atoms with van der Waals surface area (Å²) in [5, 5.41) is 0. The van der Waals surface area contributed by atoms with Gasteiger partial charge in [-0.2, -0.15) is 4.98 Å². The van der Waals surface area contributed by atoms with Crippen LogP contribution in [0.3, 0.4) is 0 Å². The Morgan fingerprint density at radius 3 is 2.50 bits per heavy atom. The Morgan fingerprint density at radius 1 is 1.06 bits per heavy atom. The SMILES string of the molecule is Cc1cc(Br)c2oc(-c3ccc(Br)cc3)nc2n1. The van der Waals surface area contributed by atoms with Crippen LogP contribution in [0.5, 0.6) is 0 Å². The molecule has 0 saturated heterocycles. The van der Waals surface area contributed by atoms with Crippen LogP contribution in [-0.2, 0) is 0 Å². The van der Waals surface area contributed by atoms with Crippen molar-refractivity contribution in [2.24, 2.45) is 0 Å². The fourth-order valence-corrected chi connectivity index (χ4v) is 2.56. The van der Waals surface area contributed by atoms with Crippen molar-refractivity contribution >= 4 is 43.1 Å². The maximum absolute atomic E-state index is 5.74. The molecule has 2 aromatic heterocycles. The number of pyridine rings is 1. The molecule has 0 bridgehead atoms. The van der Waals surface area contributed by atoms with E-state index < -0.39 is 0 Å². The lowest BCUT2D eigenvalue weighted by Crippen LogP contribution is -1.82. The zero-order valence-corrected chi connectivity index (χ0v) is 12.6. The molecule has 0 aliphatic carbocycles. The van der Waals surface area contributed by atoms with Gasteiger partial charge in [0.15, 0.2) is 5.58 Å². The minimum atomic E-state index is 0.580. The molecule has 0 spiro atoms.